The van der Waals surface area contributed by atoms with Crippen LogP contribution < -0.4 is 11.1 Å². The van der Waals surface area contributed by atoms with Crippen molar-refractivity contribution < 1.29 is 14.0 Å². The average molecular weight is 321 g/mol. The van der Waals surface area contributed by atoms with Gasteiger partial charge >= 0.3 is 0 Å². The Balaban J connectivity index is 1.99. The molecule has 6 heteroatoms. The highest BCUT2D eigenvalue weighted by Crippen LogP contribution is 2.24. The van der Waals surface area contributed by atoms with Gasteiger partial charge in [-0.1, -0.05) is 13.3 Å². The van der Waals surface area contributed by atoms with Crippen molar-refractivity contribution in [2.45, 2.75) is 52.1 Å². The Bertz CT molecular complexity index is 541. The highest BCUT2D eigenvalue weighted by molar-refractivity contribution is 5.94. The maximum absolute atomic E-state index is 12.7. The second-order valence-electron chi connectivity index (χ2n) is 6.23. The van der Waals surface area contributed by atoms with E-state index in [1.165, 1.54) is 6.26 Å². The average Bonchev–Trinajstić information content (AvgIpc) is 3.04. The summed E-state index contributed by atoms with van der Waals surface area (Å²) in [6, 6.07) is 1.80. The first-order chi connectivity index (χ1) is 11.1. The van der Waals surface area contributed by atoms with Gasteiger partial charge in [-0.15, -0.1) is 0 Å². The normalized spacial score (nSPS) is 21.3. The minimum Gasteiger partial charge on any atom is -0.467 e. The minimum absolute atomic E-state index is 0.0537. The van der Waals surface area contributed by atoms with E-state index < -0.39 is 0 Å². The van der Waals surface area contributed by atoms with E-state index in [4.69, 9.17) is 10.2 Å². The molecule has 0 bridgehead atoms. The highest BCUT2D eigenvalue weighted by Gasteiger charge is 2.33. The van der Waals surface area contributed by atoms with Crippen LogP contribution in [0.1, 0.15) is 55.6 Å². The number of hydrogen-bond acceptors (Lipinski definition) is 4. The van der Waals surface area contributed by atoms with Gasteiger partial charge in [0.05, 0.1) is 18.0 Å². The van der Waals surface area contributed by atoms with Crippen LogP contribution in [0.3, 0.4) is 0 Å². The van der Waals surface area contributed by atoms with E-state index in [0.717, 1.165) is 25.7 Å². The van der Waals surface area contributed by atoms with Gasteiger partial charge in [-0.2, -0.15) is 0 Å². The van der Waals surface area contributed by atoms with Crippen molar-refractivity contribution in [3.63, 3.8) is 0 Å². The van der Waals surface area contributed by atoms with Crippen LogP contribution in [0.2, 0.25) is 0 Å². The molecule has 2 amide bonds. The predicted molar refractivity (Wildman–Crippen MR) is 87.7 cm³/mol. The molecule has 3 N–H and O–H groups in total. The van der Waals surface area contributed by atoms with Gasteiger partial charge < -0.3 is 20.4 Å². The molecule has 2 rings (SSSR count). The molecule has 1 saturated heterocycles. The molecule has 2 unspecified atom stereocenters. The van der Waals surface area contributed by atoms with Crippen molar-refractivity contribution in [3.05, 3.63) is 23.7 Å². The topological polar surface area (TPSA) is 88.6 Å². The molecule has 1 aromatic heterocycles. The van der Waals surface area contributed by atoms with E-state index in [-0.39, 0.29) is 30.3 Å². The fourth-order valence-corrected chi connectivity index (χ4v) is 2.90. The number of carbonyl (C=O) groups is 2. The van der Waals surface area contributed by atoms with Gasteiger partial charge in [0.1, 0.15) is 12.0 Å². The van der Waals surface area contributed by atoms with Crippen molar-refractivity contribution in [1.82, 2.24) is 10.2 Å². The third-order valence-corrected chi connectivity index (χ3v) is 4.45. The second-order valence-corrected chi connectivity index (χ2v) is 6.23. The number of rotatable bonds is 6. The summed E-state index contributed by atoms with van der Waals surface area (Å²) in [6.07, 6.45) is 5.13. The summed E-state index contributed by atoms with van der Waals surface area (Å²) in [4.78, 5) is 26.7. The smallest absolute Gasteiger partial charge is 0.257 e. The van der Waals surface area contributed by atoms with Crippen LogP contribution in [0.4, 0.5) is 0 Å². The lowest BCUT2D eigenvalue weighted by atomic mass is 9.92. The zero-order chi connectivity index (χ0) is 16.8. The highest BCUT2D eigenvalue weighted by atomic mass is 16.3. The van der Waals surface area contributed by atoms with E-state index in [1.807, 2.05) is 6.92 Å². The second kappa shape index (κ2) is 8.15. The minimum atomic E-state index is -0.132. The monoisotopic (exact) mass is 321 g/mol. The predicted octanol–water partition coefficient (Wildman–Crippen LogP) is 1.90. The molecule has 128 valence electrons. The van der Waals surface area contributed by atoms with Crippen LogP contribution in [0.15, 0.2) is 16.7 Å². The van der Waals surface area contributed by atoms with Gasteiger partial charge in [0, 0.05) is 19.1 Å². The molecule has 2 heterocycles. The molecule has 1 aliphatic heterocycles. The standard InChI is InChI=1S/C17H27N3O3/c1-3-4-7-19-16(21)13-6-5-12(2)20(10-13)17(22)14-8-15(9-18)23-11-14/h8,11-13H,3-7,9-10,18H2,1-2H3,(H,19,21). The number of furan rings is 1. The number of carbonyl (C=O) groups excluding carboxylic acids is 2. The number of unbranched alkanes of at least 4 members (excludes halogenated alkanes) is 1. The molecule has 1 aliphatic rings. The fourth-order valence-electron chi connectivity index (χ4n) is 2.90. The molecule has 6 nitrogen and oxygen atoms in total. The lowest BCUT2D eigenvalue weighted by Crippen LogP contribution is -2.49. The molecule has 23 heavy (non-hydrogen) atoms. The quantitative estimate of drug-likeness (QED) is 0.783. The fraction of sp³-hybridized carbons (Fsp3) is 0.647. The molecular weight excluding hydrogens is 294 g/mol. The number of nitrogens with two attached hydrogens (primary N) is 1. The van der Waals surface area contributed by atoms with Crippen molar-refractivity contribution in [2.75, 3.05) is 13.1 Å². The van der Waals surface area contributed by atoms with Crippen molar-refractivity contribution in [3.8, 4) is 0 Å². The Kier molecular flexibility index (Phi) is 6.21. The third-order valence-electron chi connectivity index (χ3n) is 4.45. The molecule has 1 aromatic rings. The largest absolute Gasteiger partial charge is 0.467 e. The Morgan fingerprint density at radius 3 is 2.87 bits per heavy atom. The lowest BCUT2D eigenvalue weighted by molar-refractivity contribution is -0.126. The van der Waals surface area contributed by atoms with E-state index in [1.54, 1.807) is 11.0 Å². The number of nitrogens with one attached hydrogen (secondary N) is 1. The molecule has 1 fully saturated rings. The van der Waals surface area contributed by atoms with Gasteiger partial charge in [0.25, 0.3) is 5.91 Å². The summed E-state index contributed by atoms with van der Waals surface area (Å²) < 4.78 is 5.25. The van der Waals surface area contributed by atoms with Crippen LogP contribution in [0.5, 0.6) is 0 Å². The zero-order valence-corrected chi connectivity index (χ0v) is 14.0. The maximum atomic E-state index is 12.7. The van der Waals surface area contributed by atoms with Gasteiger partial charge in [-0.25, -0.2) is 0 Å². The van der Waals surface area contributed by atoms with Crippen LogP contribution in [0, 0.1) is 5.92 Å². The Labute approximate surface area is 137 Å². The summed E-state index contributed by atoms with van der Waals surface area (Å²) in [5.74, 6) is 0.421. The summed E-state index contributed by atoms with van der Waals surface area (Å²) in [7, 11) is 0. The number of likely N-dealkylation sites (tertiary alicyclic amines) is 1. The summed E-state index contributed by atoms with van der Waals surface area (Å²) in [6.45, 7) is 5.55. The van der Waals surface area contributed by atoms with Gasteiger partial charge in [-0.3, -0.25) is 9.59 Å². The SMILES string of the molecule is CCCCNC(=O)C1CCC(C)N(C(=O)c2coc(CN)c2)C1. The van der Waals surface area contributed by atoms with Crippen LogP contribution >= 0.6 is 0 Å². The number of hydrogen-bond donors (Lipinski definition) is 2. The number of piperidine rings is 1. The van der Waals surface area contributed by atoms with Crippen molar-refractivity contribution in [2.24, 2.45) is 11.7 Å². The van der Waals surface area contributed by atoms with Crippen LogP contribution in [-0.2, 0) is 11.3 Å². The molecule has 0 aromatic carbocycles. The molecule has 2 atom stereocenters. The van der Waals surface area contributed by atoms with Gasteiger partial charge in [0.2, 0.25) is 5.91 Å². The van der Waals surface area contributed by atoms with Gasteiger partial charge in [-0.05, 0) is 32.3 Å². The lowest BCUT2D eigenvalue weighted by Gasteiger charge is -2.37. The molecule has 0 spiro atoms. The molecule has 0 aliphatic carbocycles. The first kappa shape index (κ1) is 17.5. The Hall–Kier alpha value is -1.82. The summed E-state index contributed by atoms with van der Waals surface area (Å²) in [5, 5.41) is 2.97. The number of nitrogens with zero attached hydrogens (tertiary/aromatic N) is 1. The van der Waals surface area contributed by atoms with E-state index in [0.29, 0.717) is 24.4 Å². The van der Waals surface area contributed by atoms with Crippen molar-refractivity contribution >= 4 is 11.8 Å². The van der Waals surface area contributed by atoms with E-state index in [2.05, 4.69) is 12.2 Å². The van der Waals surface area contributed by atoms with Crippen LogP contribution in [0.25, 0.3) is 0 Å². The van der Waals surface area contributed by atoms with E-state index in [9.17, 15) is 9.59 Å². The number of amides is 2. The summed E-state index contributed by atoms with van der Waals surface area (Å²) >= 11 is 0. The molecular formula is C17H27N3O3. The Morgan fingerprint density at radius 1 is 1.43 bits per heavy atom. The third kappa shape index (κ3) is 4.34. The first-order valence-electron chi connectivity index (χ1n) is 8.43. The van der Waals surface area contributed by atoms with E-state index >= 15 is 0 Å². The Morgan fingerprint density at radius 2 is 2.22 bits per heavy atom. The maximum Gasteiger partial charge on any atom is 0.257 e. The first-order valence-corrected chi connectivity index (χ1v) is 8.43. The zero-order valence-electron chi connectivity index (χ0n) is 14.0. The van der Waals surface area contributed by atoms with Crippen LogP contribution in [-0.4, -0.2) is 35.8 Å². The van der Waals surface area contributed by atoms with Crippen molar-refractivity contribution in [1.29, 1.82) is 0 Å². The molecule has 0 saturated carbocycles. The summed E-state index contributed by atoms with van der Waals surface area (Å²) in [5.41, 5.74) is 6.02. The van der Waals surface area contributed by atoms with Gasteiger partial charge in [0.15, 0.2) is 0 Å². The molecule has 0 radical (unpaired) electrons.